The third-order valence-electron chi connectivity index (χ3n) is 4.19. The van der Waals surface area contributed by atoms with Crippen LogP contribution >= 0.6 is 0 Å². The van der Waals surface area contributed by atoms with Crippen LogP contribution in [0.2, 0.25) is 0 Å². The summed E-state index contributed by atoms with van der Waals surface area (Å²) in [4.78, 5) is 18.1. The van der Waals surface area contributed by atoms with Crippen molar-refractivity contribution in [3.8, 4) is 22.3 Å². The predicted molar refractivity (Wildman–Crippen MR) is 103 cm³/mol. The van der Waals surface area contributed by atoms with Gasteiger partial charge < -0.3 is 15.7 Å². The van der Waals surface area contributed by atoms with Crippen LogP contribution in [0.25, 0.3) is 22.3 Å². The molecule has 0 bridgehead atoms. The fraction of sp³-hybridized carbons (Fsp3) is 0.143. The Hall–Kier alpha value is -3.18. The van der Waals surface area contributed by atoms with Gasteiger partial charge in [-0.1, -0.05) is 30.3 Å². The second-order valence-corrected chi connectivity index (χ2v) is 6.30. The number of anilines is 1. The van der Waals surface area contributed by atoms with Crippen LogP contribution in [0.3, 0.4) is 0 Å². The monoisotopic (exact) mass is 347 g/mol. The average Bonchev–Trinajstić information content (AvgIpc) is 2.67. The minimum atomic E-state index is -0.0646. The van der Waals surface area contributed by atoms with Gasteiger partial charge in [0.05, 0.1) is 6.61 Å². The first-order valence-electron chi connectivity index (χ1n) is 8.27. The summed E-state index contributed by atoms with van der Waals surface area (Å²) < 4.78 is 0. The normalized spacial score (nSPS) is 10.6. The average molecular weight is 347 g/mol. The Morgan fingerprint density at radius 2 is 1.77 bits per heavy atom. The summed E-state index contributed by atoms with van der Waals surface area (Å²) >= 11 is 0. The van der Waals surface area contributed by atoms with Gasteiger partial charge in [0.2, 0.25) is 0 Å². The quantitative estimate of drug-likeness (QED) is 0.760. The van der Waals surface area contributed by atoms with Crippen molar-refractivity contribution in [2.24, 2.45) is 0 Å². The lowest BCUT2D eigenvalue weighted by Gasteiger charge is -2.13. The van der Waals surface area contributed by atoms with Crippen LogP contribution in [0.5, 0.6) is 0 Å². The van der Waals surface area contributed by atoms with Crippen molar-refractivity contribution >= 4 is 11.7 Å². The van der Waals surface area contributed by atoms with E-state index < -0.39 is 0 Å². The molecule has 0 unspecified atom stereocenters. The number of hydrogen-bond acceptors (Lipinski definition) is 4. The van der Waals surface area contributed by atoms with Gasteiger partial charge in [-0.2, -0.15) is 0 Å². The molecular formula is C21H21N3O2. The van der Waals surface area contributed by atoms with E-state index in [4.69, 9.17) is 5.73 Å². The maximum Gasteiger partial charge on any atom is 0.253 e. The van der Waals surface area contributed by atoms with Crippen LogP contribution in [0, 0.1) is 0 Å². The molecule has 0 aliphatic heterocycles. The molecule has 0 spiro atoms. The summed E-state index contributed by atoms with van der Waals surface area (Å²) in [5.74, 6) is 0.340. The lowest BCUT2D eigenvalue weighted by Crippen LogP contribution is -2.21. The highest BCUT2D eigenvalue weighted by Gasteiger charge is 2.12. The molecule has 5 heteroatoms. The summed E-state index contributed by atoms with van der Waals surface area (Å²) in [7, 11) is 3.44. The van der Waals surface area contributed by atoms with Crippen molar-refractivity contribution in [3.63, 3.8) is 0 Å². The summed E-state index contributed by atoms with van der Waals surface area (Å²) in [6, 6.07) is 17.0. The third kappa shape index (κ3) is 3.58. The van der Waals surface area contributed by atoms with Crippen LogP contribution < -0.4 is 5.73 Å². The molecular weight excluding hydrogens is 326 g/mol. The largest absolute Gasteiger partial charge is 0.392 e. The number of hydrogen-bond donors (Lipinski definition) is 2. The molecule has 0 atom stereocenters. The van der Waals surface area contributed by atoms with Crippen LogP contribution in [0.15, 0.2) is 60.8 Å². The summed E-state index contributed by atoms with van der Waals surface area (Å²) in [6.45, 7) is -0.0161. The van der Waals surface area contributed by atoms with E-state index in [9.17, 15) is 9.90 Å². The molecule has 0 saturated heterocycles. The van der Waals surface area contributed by atoms with Crippen molar-refractivity contribution in [1.29, 1.82) is 0 Å². The molecule has 0 radical (unpaired) electrons. The van der Waals surface area contributed by atoms with E-state index in [0.29, 0.717) is 11.4 Å². The van der Waals surface area contributed by atoms with Gasteiger partial charge in [0.1, 0.15) is 5.82 Å². The number of carbonyl (C=O) groups excluding carboxylic acids is 1. The molecule has 0 aliphatic carbocycles. The van der Waals surface area contributed by atoms with Crippen molar-refractivity contribution in [1.82, 2.24) is 9.88 Å². The molecule has 26 heavy (non-hydrogen) atoms. The van der Waals surface area contributed by atoms with Crippen LogP contribution in [-0.2, 0) is 6.61 Å². The van der Waals surface area contributed by atoms with E-state index in [1.54, 1.807) is 26.4 Å². The van der Waals surface area contributed by atoms with Crippen molar-refractivity contribution in [2.45, 2.75) is 6.61 Å². The SMILES string of the molecule is CN(C)C(=O)c1cccc(-c2cc(-c3cccc(CO)c3)cnc2N)c1. The molecule has 2 aromatic carbocycles. The van der Waals surface area contributed by atoms with E-state index in [0.717, 1.165) is 27.8 Å². The zero-order chi connectivity index (χ0) is 18.7. The number of carbonyl (C=O) groups is 1. The first-order chi connectivity index (χ1) is 12.5. The fourth-order valence-corrected chi connectivity index (χ4v) is 2.79. The van der Waals surface area contributed by atoms with Gasteiger partial charge in [-0.05, 0) is 41.0 Å². The number of nitrogen functional groups attached to an aromatic ring is 1. The van der Waals surface area contributed by atoms with E-state index in [-0.39, 0.29) is 12.5 Å². The second kappa shape index (κ2) is 7.37. The molecule has 0 fully saturated rings. The predicted octanol–water partition coefficient (Wildman–Crippen LogP) is 3.19. The lowest BCUT2D eigenvalue weighted by atomic mass is 9.98. The number of amides is 1. The maximum absolute atomic E-state index is 12.2. The van der Waals surface area contributed by atoms with Gasteiger partial charge in [-0.25, -0.2) is 4.98 Å². The smallest absolute Gasteiger partial charge is 0.253 e. The molecule has 0 saturated carbocycles. The Morgan fingerprint density at radius 1 is 1.04 bits per heavy atom. The molecule has 0 aliphatic rings. The number of aromatic nitrogens is 1. The summed E-state index contributed by atoms with van der Waals surface area (Å²) in [6.07, 6.45) is 1.71. The van der Waals surface area contributed by atoms with Crippen molar-refractivity contribution in [3.05, 3.63) is 71.9 Å². The van der Waals surface area contributed by atoms with Gasteiger partial charge >= 0.3 is 0 Å². The number of aliphatic hydroxyl groups is 1. The highest BCUT2D eigenvalue weighted by atomic mass is 16.3. The Kier molecular flexibility index (Phi) is 5.00. The number of pyridine rings is 1. The Balaban J connectivity index is 2.06. The van der Waals surface area contributed by atoms with E-state index in [1.165, 1.54) is 4.90 Å². The topological polar surface area (TPSA) is 79.5 Å². The van der Waals surface area contributed by atoms with Crippen LogP contribution in [-0.4, -0.2) is 35.0 Å². The maximum atomic E-state index is 12.2. The minimum absolute atomic E-state index is 0.0161. The number of aliphatic hydroxyl groups excluding tert-OH is 1. The number of benzene rings is 2. The van der Waals surface area contributed by atoms with Crippen molar-refractivity contribution in [2.75, 3.05) is 19.8 Å². The van der Waals surface area contributed by atoms with E-state index in [2.05, 4.69) is 4.98 Å². The highest BCUT2D eigenvalue weighted by molar-refractivity contribution is 5.95. The van der Waals surface area contributed by atoms with E-state index in [1.807, 2.05) is 48.5 Å². The first-order valence-corrected chi connectivity index (χ1v) is 8.27. The molecule has 3 N–H and O–H groups in total. The molecule has 1 heterocycles. The third-order valence-corrected chi connectivity index (χ3v) is 4.19. The lowest BCUT2D eigenvalue weighted by molar-refractivity contribution is 0.0827. The molecule has 1 amide bonds. The van der Waals surface area contributed by atoms with Gasteiger partial charge in [0, 0.05) is 37.0 Å². The molecule has 3 aromatic rings. The van der Waals surface area contributed by atoms with Gasteiger partial charge in [0.25, 0.3) is 5.91 Å². The highest BCUT2D eigenvalue weighted by Crippen LogP contribution is 2.30. The van der Waals surface area contributed by atoms with E-state index >= 15 is 0 Å². The Bertz CT molecular complexity index is 951. The van der Waals surface area contributed by atoms with Gasteiger partial charge in [0.15, 0.2) is 0 Å². The zero-order valence-corrected chi connectivity index (χ0v) is 14.8. The second-order valence-electron chi connectivity index (χ2n) is 6.30. The standard InChI is InChI=1S/C21H21N3O2/c1-24(2)21(26)17-8-4-7-16(10-17)19-11-18(12-23-20(19)22)15-6-3-5-14(9-15)13-25/h3-12,25H,13H2,1-2H3,(H2,22,23). The Labute approximate surface area is 152 Å². The summed E-state index contributed by atoms with van der Waals surface area (Å²) in [5.41, 5.74) is 11.0. The van der Waals surface area contributed by atoms with Gasteiger partial charge in [-0.3, -0.25) is 4.79 Å². The summed E-state index contributed by atoms with van der Waals surface area (Å²) in [5, 5.41) is 9.34. The zero-order valence-electron chi connectivity index (χ0n) is 14.8. The minimum Gasteiger partial charge on any atom is -0.392 e. The van der Waals surface area contributed by atoms with Crippen LogP contribution in [0.4, 0.5) is 5.82 Å². The molecule has 3 rings (SSSR count). The number of rotatable bonds is 4. The fourth-order valence-electron chi connectivity index (χ4n) is 2.79. The molecule has 5 nitrogen and oxygen atoms in total. The number of nitrogens with two attached hydrogens (primary N) is 1. The van der Waals surface area contributed by atoms with Crippen LogP contribution in [0.1, 0.15) is 15.9 Å². The Morgan fingerprint density at radius 3 is 2.50 bits per heavy atom. The molecule has 132 valence electrons. The van der Waals surface area contributed by atoms with Gasteiger partial charge in [-0.15, -0.1) is 0 Å². The number of nitrogens with zero attached hydrogens (tertiary/aromatic N) is 2. The first kappa shape index (κ1) is 17.6. The molecule has 1 aromatic heterocycles. The van der Waals surface area contributed by atoms with Crippen molar-refractivity contribution < 1.29 is 9.90 Å².